The fourth-order valence-corrected chi connectivity index (χ4v) is 4.10. The van der Waals surface area contributed by atoms with Gasteiger partial charge >= 0.3 is 5.97 Å². The zero-order valence-electron chi connectivity index (χ0n) is 17.3. The summed E-state index contributed by atoms with van der Waals surface area (Å²) >= 11 is 1.27. The van der Waals surface area contributed by atoms with Gasteiger partial charge in [0.15, 0.2) is 0 Å². The van der Waals surface area contributed by atoms with Crippen molar-refractivity contribution < 1.29 is 27.5 Å². The number of thiazole rings is 1. The molecule has 0 aliphatic carbocycles. The number of nitrogens with zero attached hydrogens (tertiary/aromatic N) is 1. The molecule has 32 heavy (non-hydrogen) atoms. The number of carbonyl (C=O) groups excluding carboxylic acids is 2. The quantitative estimate of drug-likeness (QED) is 0.478. The number of aromatic nitrogens is 1. The van der Waals surface area contributed by atoms with Crippen LogP contribution < -0.4 is 15.2 Å². The third-order valence-electron chi connectivity index (χ3n) is 4.40. The van der Waals surface area contributed by atoms with E-state index >= 15 is 0 Å². The van der Waals surface area contributed by atoms with Gasteiger partial charge in [0.05, 0.1) is 24.1 Å². The number of carbonyl (C=O) groups is 2. The molecule has 1 aromatic heterocycles. The lowest BCUT2D eigenvalue weighted by Crippen LogP contribution is -2.15. The molecule has 3 rings (SSSR count). The number of hydrogen-bond acceptors (Lipinski definition) is 8. The number of nitrogens with one attached hydrogen (secondary N) is 1. The Balaban J connectivity index is 1.62. The number of amides is 1. The molecule has 0 spiro atoms. The zero-order chi connectivity index (χ0) is 23.3. The Morgan fingerprint density at radius 3 is 2.62 bits per heavy atom. The molecule has 0 bridgehead atoms. The molecule has 0 radical (unpaired) electrons. The van der Waals surface area contributed by atoms with E-state index < -0.39 is 16.0 Å². The Bertz CT molecular complexity index is 1250. The number of benzene rings is 2. The Morgan fingerprint density at radius 2 is 1.94 bits per heavy atom. The number of rotatable bonds is 8. The molecule has 0 aliphatic rings. The van der Waals surface area contributed by atoms with Gasteiger partial charge in [-0.3, -0.25) is 4.79 Å². The van der Waals surface area contributed by atoms with E-state index in [9.17, 15) is 18.0 Å². The number of anilines is 1. The second-order valence-corrected chi connectivity index (χ2v) is 9.26. The van der Waals surface area contributed by atoms with Gasteiger partial charge in [-0.25, -0.2) is 23.3 Å². The van der Waals surface area contributed by atoms with E-state index in [1.165, 1.54) is 30.6 Å². The average Bonchev–Trinajstić information content (AvgIpc) is 3.19. The Labute approximate surface area is 189 Å². The van der Waals surface area contributed by atoms with E-state index in [1.54, 1.807) is 5.38 Å². The SMILES string of the molecule is COc1ccc(S(N)(=O)=O)cc1C(=O)OCc1csc(CC(=O)Nc2ccccc2C)n1. The standard InChI is InChI=1S/C21H21N3O6S2/c1-13-5-3-4-6-17(13)24-19(25)10-20-23-14(12-31-20)11-30-21(26)16-9-15(32(22,27)28)7-8-18(16)29-2/h3-9,12H,10-11H2,1-2H3,(H,24,25)(H2,22,27,28). The van der Waals surface area contributed by atoms with Gasteiger partial charge in [-0.1, -0.05) is 18.2 Å². The van der Waals surface area contributed by atoms with Crippen LogP contribution in [0.5, 0.6) is 5.75 Å². The molecule has 2 aromatic carbocycles. The van der Waals surface area contributed by atoms with Crippen molar-refractivity contribution in [2.75, 3.05) is 12.4 Å². The van der Waals surface area contributed by atoms with Gasteiger partial charge in [-0.05, 0) is 36.8 Å². The molecular formula is C21H21N3O6S2. The van der Waals surface area contributed by atoms with Crippen molar-refractivity contribution in [1.82, 2.24) is 4.98 Å². The van der Waals surface area contributed by atoms with Crippen LogP contribution in [0.3, 0.4) is 0 Å². The van der Waals surface area contributed by atoms with Crippen molar-refractivity contribution in [3.63, 3.8) is 0 Å². The maximum absolute atomic E-state index is 12.5. The van der Waals surface area contributed by atoms with E-state index in [4.69, 9.17) is 14.6 Å². The van der Waals surface area contributed by atoms with Crippen LogP contribution >= 0.6 is 11.3 Å². The fourth-order valence-electron chi connectivity index (χ4n) is 2.78. The molecule has 0 atom stereocenters. The van der Waals surface area contributed by atoms with Gasteiger partial charge in [0, 0.05) is 11.1 Å². The van der Waals surface area contributed by atoms with Crippen molar-refractivity contribution in [3.8, 4) is 5.75 Å². The highest BCUT2D eigenvalue weighted by Crippen LogP contribution is 2.23. The highest BCUT2D eigenvalue weighted by molar-refractivity contribution is 7.89. The van der Waals surface area contributed by atoms with Crippen LogP contribution in [0.15, 0.2) is 52.7 Å². The molecule has 0 aliphatic heterocycles. The molecule has 11 heteroatoms. The van der Waals surface area contributed by atoms with Crippen molar-refractivity contribution in [1.29, 1.82) is 0 Å². The molecule has 1 amide bonds. The van der Waals surface area contributed by atoms with Gasteiger partial charge in [0.1, 0.15) is 22.9 Å². The molecule has 0 unspecified atom stereocenters. The number of sulfonamides is 1. The number of methoxy groups -OCH3 is 1. The van der Waals surface area contributed by atoms with E-state index in [-0.39, 0.29) is 35.1 Å². The summed E-state index contributed by atoms with van der Waals surface area (Å²) in [7, 11) is -2.65. The lowest BCUT2D eigenvalue weighted by molar-refractivity contribution is -0.115. The summed E-state index contributed by atoms with van der Waals surface area (Å²) in [6.45, 7) is 1.75. The molecule has 0 saturated carbocycles. The van der Waals surface area contributed by atoms with Crippen molar-refractivity contribution in [2.24, 2.45) is 5.14 Å². The second kappa shape index (κ2) is 9.90. The van der Waals surface area contributed by atoms with Crippen LogP contribution in [0.2, 0.25) is 0 Å². The summed E-state index contributed by atoms with van der Waals surface area (Å²) in [4.78, 5) is 28.8. The van der Waals surface area contributed by atoms with Gasteiger partial charge in [0.2, 0.25) is 15.9 Å². The first kappa shape index (κ1) is 23.4. The number of hydrogen-bond donors (Lipinski definition) is 2. The van der Waals surface area contributed by atoms with Crippen LogP contribution in [-0.4, -0.2) is 32.4 Å². The van der Waals surface area contributed by atoms with Crippen LogP contribution in [0.4, 0.5) is 5.69 Å². The first-order chi connectivity index (χ1) is 15.2. The smallest absolute Gasteiger partial charge is 0.342 e. The highest BCUT2D eigenvalue weighted by atomic mass is 32.2. The summed E-state index contributed by atoms with van der Waals surface area (Å²) < 4.78 is 33.4. The van der Waals surface area contributed by atoms with Crippen LogP contribution in [-0.2, 0) is 32.6 Å². The summed E-state index contributed by atoms with van der Waals surface area (Å²) in [6, 6.07) is 11.1. The molecule has 0 saturated heterocycles. The van der Waals surface area contributed by atoms with Crippen molar-refractivity contribution in [3.05, 3.63) is 69.7 Å². The van der Waals surface area contributed by atoms with Crippen LogP contribution in [0.1, 0.15) is 26.6 Å². The monoisotopic (exact) mass is 475 g/mol. The third-order valence-corrected chi connectivity index (χ3v) is 6.21. The maximum atomic E-state index is 12.5. The normalized spacial score (nSPS) is 11.1. The van der Waals surface area contributed by atoms with E-state index in [0.29, 0.717) is 10.7 Å². The third kappa shape index (κ3) is 5.90. The van der Waals surface area contributed by atoms with Crippen LogP contribution in [0, 0.1) is 6.92 Å². The number of aryl methyl sites for hydroxylation is 1. The Kier molecular flexibility index (Phi) is 7.23. The summed E-state index contributed by atoms with van der Waals surface area (Å²) in [5.41, 5.74) is 2.07. The fraction of sp³-hybridized carbons (Fsp3) is 0.190. The molecule has 1 heterocycles. The van der Waals surface area contributed by atoms with Crippen molar-refractivity contribution in [2.45, 2.75) is 24.8 Å². The molecule has 0 fully saturated rings. The minimum atomic E-state index is -4.00. The zero-order valence-corrected chi connectivity index (χ0v) is 19.0. The minimum absolute atomic E-state index is 0.0768. The van der Waals surface area contributed by atoms with Gasteiger partial charge in [-0.2, -0.15) is 0 Å². The summed E-state index contributed by atoms with van der Waals surface area (Å²) in [6.07, 6.45) is 0.0805. The Morgan fingerprint density at radius 1 is 1.19 bits per heavy atom. The largest absolute Gasteiger partial charge is 0.496 e. The first-order valence-corrected chi connectivity index (χ1v) is 11.8. The summed E-state index contributed by atoms with van der Waals surface area (Å²) in [5.74, 6) is -0.852. The molecule has 3 N–H and O–H groups in total. The lowest BCUT2D eigenvalue weighted by atomic mass is 10.2. The Hall–Kier alpha value is -3.28. The molecule has 168 valence electrons. The summed E-state index contributed by atoms with van der Waals surface area (Å²) in [5, 5.41) is 10.2. The minimum Gasteiger partial charge on any atom is -0.496 e. The van der Waals surface area contributed by atoms with E-state index in [0.717, 1.165) is 17.3 Å². The number of primary sulfonamides is 1. The predicted octanol–water partition coefficient (Wildman–Crippen LogP) is 2.65. The number of ether oxygens (including phenoxy) is 2. The number of esters is 1. The predicted molar refractivity (Wildman–Crippen MR) is 119 cm³/mol. The lowest BCUT2D eigenvalue weighted by Gasteiger charge is -2.09. The van der Waals surface area contributed by atoms with Crippen LogP contribution in [0.25, 0.3) is 0 Å². The van der Waals surface area contributed by atoms with Gasteiger partial charge < -0.3 is 14.8 Å². The topological polar surface area (TPSA) is 138 Å². The highest BCUT2D eigenvalue weighted by Gasteiger charge is 2.19. The molecule has 9 nitrogen and oxygen atoms in total. The van der Waals surface area contributed by atoms with Gasteiger partial charge in [-0.15, -0.1) is 11.3 Å². The molecular weight excluding hydrogens is 454 g/mol. The van der Waals surface area contributed by atoms with Crippen molar-refractivity contribution >= 4 is 38.9 Å². The maximum Gasteiger partial charge on any atom is 0.342 e. The first-order valence-electron chi connectivity index (χ1n) is 9.34. The number of nitrogens with two attached hydrogens (primary N) is 1. The molecule has 3 aromatic rings. The van der Waals surface area contributed by atoms with E-state index in [2.05, 4.69) is 10.3 Å². The number of para-hydroxylation sites is 1. The van der Waals surface area contributed by atoms with Gasteiger partial charge in [0.25, 0.3) is 0 Å². The average molecular weight is 476 g/mol. The second-order valence-electron chi connectivity index (χ2n) is 6.76. The van der Waals surface area contributed by atoms with E-state index in [1.807, 2.05) is 31.2 Å².